The van der Waals surface area contributed by atoms with Crippen LogP contribution < -0.4 is 28.4 Å². The predicted molar refractivity (Wildman–Crippen MR) is 419 cm³/mol. The van der Waals surface area contributed by atoms with Crippen molar-refractivity contribution in [3.8, 4) is 34.5 Å². The van der Waals surface area contributed by atoms with Crippen LogP contribution in [-0.2, 0) is 60.9 Å². The van der Waals surface area contributed by atoms with Crippen LogP contribution in [0.25, 0.3) is 0 Å². The molecule has 0 N–H and O–H groups in total. The van der Waals surface area contributed by atoms with Gasteiger partial charge in [-0.1, -0.05) is 125 Å². The third-order valence-electron chi connectivity index (χ3n) is 19.1. The van der Waals surface area contributed by atoms with Crippen LogP contribution in [0, 0.1) is 0 Å². The van der Waals surface area contributed by atoms with E-state index in [-0.39, 0.29) is 36.6 Å². The van der Waals surface area contributed by atoms with Gasteiger partial charge in [0.05, 0.1) is 79.3 Å². The summed E-state index contributed by atoms with van der Waals surface area (Å²) < 4.78 is 87.7. The van der Waals surface area contributed by atoms with Gasteiger partial charge in [0.1, 0.15) is 71.1 Å². The van der Waals surface area contributed by atoms with Gasteiger partial charge in [0.2, 0.25) is 0 Å². The summed E-state index contributed by atoms with van der Waals surface area (Å²) in [6, 6.07) is 27.2. The zero-order chi connectivity index (χ0) is 76.8. The van der Waals surface area contributed by atoms with Crippen LogP contribution in [0.1, 0.15) is 344 Å². The molecule has 102 heavy (non-hydrogen) atoms. The van der Waals surface area contributed by atoms with E-state index in [1.165, 1.54) is 0 Å². The Morgan fingerprint density at radius 3 is 0.333 bits per heavy atom. The highest BCUT2D eigenvalue weighted by molar-refractivity contribution is 5.65. The molecule has 6 aromatic carbocycles. The summed E-state index contributed by atoms with van der Waals surface area (Å²) in [5.41, 5.74) is 13.4. The Morgan fingerprint density at radius 1 is 0.186 bits per heavy atom. The number of methoxy groups -OCH3 is 6. The SMILES string of the molecule is COc1c2cc(C(C)(C)C)cc1C(OC(C)C)c1cc(C(C)(C)C)cc(c1OC)C(OC(C)C)c1cc(C(C)(C)C)cc(c1OC)C(OC(C)C)c1cc(C(C)(C)C)cc(c1OC)C(OC(C)C)c1cc(C(C)(C)C)cc(c1OC)C(OC(C)C)c1cc(C(C)(C)C)cc(c1OC)C2OC(C)C. The predicted octanol–water partition coefficient (Wildman–Crippen LogP) is 22.9. The van der Waals surface area contributed by atoms with E-state index in [1.54, 1.807) is 42.7 Å². The van der Waals surface area contributed by atoms with Crippen molar-refractivity contribution < 1.29 is 56.8 Å². The molecule has 12 heteroatoms. The van der Waals surface area contributed by atoms with Gasteiger partial charge in [-0.15, -0.1) is 0 Å². The Bertz CT molecular complexity index is 3060. The van der Waals surface area contributed by atoms with Crippen molar-refractivity contribution in [3.63, 3.8) is 0 Å². The lowest BCUT2D eigenvalue weighted by atomic mass is 9.77. The molecule has 6 aromatic rings. The van der Waals surface area contributed by atoms with Crippen molar-refractivity contribution in [2.45, 2.75) is 313 Å². The molecule has 0 heterocycles. The standard InChI is InChI=1S/C90H132O12/c1-49(2)97-79-61-37-55(85(13,14)15)39-63(73(61)91-31)80(98-50(3)4)65-41-57(87(19,20)21)43-67(75(65)93-33)82(100-52(7)8)69-45-59(89(25,26)27)47-71(77(69)95-35)84(102-54(11)12)72-48-60(90(28,29)30)46-70(78(72)96-36)83(101-53(9)10)68-44-58(88(22,23)24)42-66(76(68)94-34)81(99-51(5)6)64-40-56(86(16,17)18)38-62(79)74(64)92-32/h37-54,79-84H,1-36H3. The molecule has 0 saturated carbocycles. The smallest absolute Gasteiger partial charge is 0.131 e. The van der Waals surface area contributed by atoms with E-state index in [9.17, 15) is 0 Å². The highest BCUT2D eigenvalue weighted by Gasteiger charge is 2.43. The minimum absolute atomic E-state index is 0.297. The van der Waals surface area contributed by atoms with Crippen molar-refractivity contribution in [2.75, 3.05) is 42.7 Å². The second-order valence-corrected chi connectivity index (χ2v) is 36.0. The lowest BCUT2D eigenvalue weighted by Gasteiger charge is -2.36. The minimum atomic E-state index is -0.802. The highest BCUT2D eigenvalue weighted by atomic mass is 16.5. The Morgan fingerprint density at radius 2 is 0.275 bits per heavy atom. The fourth-order valence-electron chi connectivity index (χ4n) is 13.9. The van der Waals surface area contributed by atoms with Crippen molar-refractivity contribution in [2.24, 2.45) is 0 Å². The largest absolute Gasteiger partial charge is 0.496 e. The van der Waals surface area contributed by atoms with E-state index in [4.69, 9.17) is 56.8 Å². The molecule has 1 aliphatic carbocycles. The van der Waals surface area contributed by atoms with Gasteiger partial charge < -0.3 is 56.8 Å². The summed E-state index contributed by atoms with van der Waals surface area (Å²) in [7, 11) is 10.6. The average molecular weight is 1410 g/mol. The third-order valence-corrected chi connectivity index (χ3v) is 19.1. The molecular weight excluding hydrogens is 1270 g/mol. The molecule has 0 radical (unpaired) electrons. The first-order chi connectivity index (χ1) is 47.0. The van der Waals surface area contributed by atoms with E-state index < -0.39 is 69.1 Å². The molecule has 1 aliphatic rings. The first kappa shape index (κ1) is 83.2. The van der Waals surface area contributed by atoms with Crippen LogP contribution in [0.15, 0.2) is 72.8 Å². The van der Waals surface area contributed by atoms with Crippen molar-refractivity contribution >= 4 is 0 Å². The van der Waals surface area contributed by atoms with E-state index in [2.05, 4.69) is 281 Å². The molecular formula is C90H132O12. The molecule has 12 nitrogen and oxygen atoms in total. The molecule has 0 saturated heterocycles. The summed E-state index contributed by atoms with van der Waals surface area (Å²) in [5, 5.41) is 0. The van der Waals surface area contributed by atoms with E-state index in [0.717, 1.165) is 100 Å². The maximum Gasteiger partial charge on any atom is 0.131 e. The van der Waals surface area contributed by atoms with Crippen LogP contribution >= 0.6 is 0 Å². The minimum Gasteiger partial charge on any atom is -0.496 e. The lowest BCUT2D eigenvalue weighted by molar-refractivity contribution is 0.0189. The maximum atomic E-state index is 7.57. The van der Waals surface area contributed by atoms with Gasteiger partial charge in [-0.3, -0.25) is 0 Å². The van der Waals surface area contributed by atoms with Crippen LogP contribution in [0.5, 0.6) is 34.5 Å². The number of fused-ring (bicyclic) bond motifs is 12. The molecule has 0 unspecified atom stereocenters. The summed E-state index contributed by atoms with van der Waals surface area (Å²) >= 11 is 0. The number of hydrogen-bond donors (Lipinski definition) is 0. The van der Waals surface area contributed by atoms with Gasteiger partial charge in [0.15, 0.2) is 0 Å². The van der Waals surface area contributed by atoms with Crippen molar-refractivity contribution in [3.05, 3.63) is 173 Å². The Balaban J connectivity index is 1.97. The molecule has 0 aliphatic heterocycles. The first-order valence-electron chi connectivity index (χ1n) is 37.3. The monoisotopic (exact) mass is 1400 g/mol. The molecule has 0 amide bonds. The van der Waals surface area contributed by atoms with Crippen LogP contribution in [0.3, 0.4) is 0 Å². The van der Waals surface area contributed by atoms with Crippen LogP contribution in [0.2, 0.25) is 0 Å². The van der Waals surface area contributed by atoms with Crippen LogP contribution in [0.4, 0.5) is 0 Å². The van der Waals surface area contributed by atoms with Gasteiger partial charge in [-0.05, 0) is 222 Å². The van der Waals surface area contributed by atoms with Gasteiger partial charge in [-0.2, -0.15) is 0 Å². The molecule has 0 aromatic heterocycles. The number of benzene rings is 6. The highest BCUT2D eigenvalue weighted by Crippen LogP contribution is 2.56. The van der Waals surface area contributed by atoms with Gasteiger partial charge in [0, 0.05) is 66.8 Å². The maximum absolute atomic E-state index is 7.57. The fraction of sp³-hybridized carbons (Fsp3) is 0.600. The molecule has 12 bridgehead atoms. The van der Waals surface area contributed by atoms with E-state index in [0.29, 0.717) is 34.5 Å². The second-order valence-electron chi connectivity index (χ2n) is 36.0. The second kappa shape index (κ2) is 31.9. The zero-order valence-corrected chi connectivity index (χ0v) is 69.8. The lowest BCUT2D eigenvalue weighted by Crippen LogP contribution is -2.24. The summed E-state index contributed by atoms with van der Waals surface area (Å²) in [6.45, 7) is 65.6. The summed E-state index contributed by atoms with van der Waals surface area (Å²) in [6.07, 6.45) is -6.60. The van der Waals surface area contributed by atoms with E-state index >= 15 is 0 Å². The van der Waals surface area contributed by atoms with E-state index in [1.807, 2.05) is 0 Å². The number of hydrogen-bond acceptors (Lipinski definition) is 12. The fourth-order valence-corrected chi connectivity index (χ4v) is 13.9. The molecule has 564 valence electrons. The topological polar surface area (TPSA) is 111 Å². The van der Waals surface area contributed by atoms with Gasteiger partial charge in [-0.25, -0.2) is 0 Å². The quantitative estimate of drug-likeness (QED) is 0.0817. The summed E-state index contributed by atoms with van der Waals surface area (Å²) in [5.74, 6) is 3.60. The summed E-state index contributed by atoms with van der Waals surface area (Å²) in [4.78, 5) is 0. The average Bonchev–Trinajstić information content (AvgIpc) is 0.741. The molecule has 0 spiro atoms. The molecule has 0 fully saturated rings. The first-order valence-corrected chi connectivity index (χ1v) is 37.3. The normalized spacial score (nSPS) is 18.2. The molecule has 0 atom stereocenters. The number of rotatable bonds is 18. The zero-order valence-electron chi connectivity index (χ0n) is 69.8. The molecule has 7 rings (SSSR count). The third kappa shape index (κ3) is 18.4. The van der Waals surface area contributed by atoms with Crippen molar-refractivity contribution in [1.29, 1.82) is 0 Å². The Labute approximate surface area is 617 Å². The number of ether oxygens (including phenoxy) is 12. The van der Waals surface area contributed by atoms with Crippen molar-refractivity contribution in [1.82, 2.24) is 0 Å². The Kier molecular flexibility index (Phi) is 26.0. The Hall–Kier alpha value is -6.12. The van der Waals surface area contributed by atoms with Crippen LogP contribution in [-0.4, -0.2) is 79.3 Å². The van der Waals surface area contributed by atoms with Gasteiger partial charge >= 0.3 is 0 Å². The van der Waals surface area contributed by atoms with Gasteiger partial charge in [0.25, 0.3) is 0 Å².